The molecule has 0 unspecified atom stereocenters. The monoisotopic (exact) mass is 328 g/mol. The van der Waals surface area contributed by atoms with Gasteiger partial charge in [-0.1, -0.05) is 42.4 Å². The Labute approximate surface area is 134 Å². The van der Waals surface area contributed by atoms with E-state index < -0.39 is 10.0 Å². The molecule has 0 radical (unpaired) electrons. The van der Waals surface area contributed by atoms with Crippen LogP contribution in [0.25, 0.3) is 22.5 Å². The average Bonchev–Trinajstić information content (AvgIpc) is 2.99. The fourth-order valence-corrected chi connectivity index (χ4v) is 2.98. The molecule has 0 amide bonds. The molecule has 118 valence electrons. The van der Waals surface area contributed by atoms with Crippen LogP contribution in [-0.4, -0.2) is 13.6 Å². The Kier molecular flexibility index (Phi) is 4.02. The highest BCUT2D eigenvalue weighted by Crippen LogP contribution is 2.35. The summed E-state index contributed by atoms with van der Waals surface area (Å²) in [7, 11) is -3.71. The summed E-state index contributed by atoms with van der Waals surface area (Å²) in [6, 6.07) is 16.1. The van der Waals surface area contributed by atoms with Gasteiger partial charge in [0.05, 0.1) is 16.2 Å². The van der Waals surface area contributed by atoms with Gasteiger partial charge in [0.2, 0.25) is 10.0 Å². The molecule has 0 spiro atoms. The van der Waals surface area contributed by atoms with Crippen LogP contribution in [0.1, 0.15) is 12.6 Å². The first kappa shape index (κ1) is 15.5. The Morgan fingerprint density at radius 1 is 1.00 bits per heavy atom. The lowest BCUT2D eigenvalue weighted by Crippen LogP contribution is -2.11. The number of aromatic nitrogens is 1. The van der Waals surface area contributed by atoms with Crippen molar-refractivity contribution >= 4 is 10.0 Å². The topological polar surface area (TPSA) is 86.2 Å². The van der Waals surface area contributed by atoms with E-state index >= 15 is 0 Å². The van der Waals surface area contributed by atoms with Crippen LogP contribution in [0, 0.1) is 0 Å². The normalized spacial score (nSPS) is 11.6. The lowest BCUT2D eigenvalue weighted by molar-refractivity contribution is 0.424. The van der Waals surface area contributed by atoms with Crippen molar-refractivity contribution in [2.45, 2.75) is 18.2 Å². The van der Waals surface area contributed by atoms with E-state index in [1.165, 1.54) is 12.1 Å². The molecular weight excluding hydrogens is 312 g/mol. The van der Waals surface area contributed by atoms with Gasteiger partial charge in [0.25, 0.3) is 0 Å². The van der Waals surface area contributed by atoms with Crippen molar-refractivity contribution in [2.75, 3.05) is 0 Å². The Hall–Kier alpha value is -2.44. The summed E-state index contributed by atoms with van der Waals surface area (Å²) < 4.78 is 28.2. The van der Waals surface area contributed by atoms with Crippen molar-refractivity contribution in [3.8, 4) is 22.5 Å². The molecule has 6 heteroatoms. The molecule has 0 saturated heterocycles. The van der Waals surface area contributed by atoms with Gasteiger partial charge in [-0.05, 0) is 36.2 Å². The highest BCUT2D eigenvalue weighted by atomic mass is 32.2. The number of primary sulfonamides is 1. The molecular formula is C17H16N2O3S. The van der Waals surface area contributed by atoms with Gasteiger partial charge in [-0.3, -0.25) is 0 Å². The van der Waals surface area contributed by atoms with E-state index in [1.807, 2.05) is 37.3 Å². The molecule has 3 rings (SSSR count). The highest BCUT2D eigenvalue weighted by molar-refractivity contribution is 7.89. The van der Waals surface area contributed by atoms with Crippen LogP contribution < -0.4 is 5.14 Å². The third kappa shape index (κ3) is 3.04. The second kappa shape index (κ2) is 5.98. The quantitative estimate of drug-likeness (QED) is 0.796. The molecule has 0 aliphatic heterocycles. The maximum Gasteiger partial charge on any atom is 0.238 e. The van der Waals surface area contributed by atoms with Crippen LogP contribution >= 0.6 is 0 Å². The number of nitrogens with zero attached hydrogens (tertiary/aromatic N) is 1. The molecule has 0 bridgehead atoms. The summed E-state index contributed by atoms with van der Waals surface area (Å²) in [5, 5.41) is 9.27. The van der Waals surface area contributed by atoms with Gasteiger partial charge in [-0.15, -0.1) is 0 Å². The zero-order valence-electron chi connectivity index (χ0n) is 12.6. The summed E-state index contributed by atoms with van der Waals surface area (Å²) in [5.41, 5.74) is 3.55. The minimum Gasteiger partial charge on any atom is -0.355 e. The molecule has 1 heterocycles. The number of hydrogen-bond acceptors (Lipinski definition) is 4. The lowest BCUT2D eigenvalue weighted by atomic mass is 9.99. The standard InChI is InChI=1S/C17H16N2O3S/c1-2-15-16(12-6-4-3-5-7-12)17(22-19-15)13-8-10-14(11-9-13)23(18,20)21/h3-11H,2H2,1H3,(H2,18,20,21). The summed E-state index contributed by atoms with van der Waals surface area (Å²) in [5.74, 6) is 0.619. The summed E-state index contributed by atoms with van der Waals surface area (Å²) in [4.78, 5) is 0.0674. The van der Waals surface area contributed by atoms with E-state index in [4.69, 9.17) is 9.66 Å². The molecule has 0 fully saturated rings. The SMILES string of the molecule is CCc1noc(-c2ccc(S(N)(=O)=O)cc2)c1-c1ccccc1. The van der Waals surface area contributed by atoms with E-state index in [-0.39, 0.29) is 4.90 Å². The van der Waals surface area contributed by atoms with Gasteiger partial charge in [0.15, 0.2) is 5.76 Å². The molecule has 5 nitrogen and oxygen atoms in total. The van der Waals surface area contributed by atoms with Crippen molar-refractivity contribution < 1.29 is 12.9 Å². The molecule has 0 atom stereocenters. The van der Waals surface area contributed by atoms with Gasteiger partial charge in [-0.25, -0.2) is 13.6 Å². The number of nitrogens with two attached hydrogens (primary N) is 1. The maximum absolute atomic E-state index is 11.4. The number of rotatable bonds is 4. The van der Waals surface area contributed by atoms with Gasteiger partial charge in [0.1, 0.15) is 0 Å². The highest BCUT2D eigenvalue weighted by Gasteiger charge is 2.18. The Morgan fingerprint density at radius 3 is 2.22 bits per heavy atom. The van der Waals surface area contributed by atoms with Gasteiger partial charge < -0.3 is 4.52 Å². The molecule has 23 heavy (non-hydrogen) atoms. The van der Waals surface area contributed by atoms with Crippen molar-refractivity contribution in [2.24, 2.45) is 5.14 Å². The predicted octanol–water partition coefficient (Wildman–Crippen LogP) is 3.22. The van der Waals surface area contributed by atoms with Crippen LogP contribution in [0.5, 0.6) is 0 Å². The van der Waals surface area contributed by atoms with Crippen molar-refractivity contribution in [1.82, 2.24) is 5.16 Å². The van der Waals surface area contributed by atoms with Gasteiger partial charge >= 0.3 is 0 Å². The summed E-state index contributed by atoms with van der Waals surface area (Å²) >= 11 is 0. The maximum atomic E-state index is 11.4. The lowest BCUT2D eigenvalue weighted by Gasteiger charge is -2.05. The zero-order valence-corrected chi connectivity index (χ0v) is 13.4. The molecule has 2 aromatic carbocycles. The molecule has 0 saturated carbocycles. The number of hydrogen-bond donors (Lipinski definition) is 1. The second-order valence-corrected chi connectivity index (χ2v) is 6.68. The van der Waals surface area contributed by atoms with Crippen LogP contribution in [0.15, 0.2) is 64.0 Å². The fourth-order valence-electron chi connectivity index (χ4n) is 2.46. The van der Waals surface area contributed by atoms with Gasteiger partial charge in [0, 0.05) is 5.56 Å². The molecule has 1 aromatic heterocycles. The largest absolute Gasteiger partial charge is 0.355 e. The molecule has 3 aromatic rings. The molecule has 0 aliphatic carbocycles. The van der Waals surface area contributed by atoms with Crippen molar-refractivity contribution in [3.63, 3.8) is 0 Å². The number of aryl methyl sites for hydroxylation is 1. The first-order valence-corrected chi connectivity index (χ1v) is 8.72. The van der Waals surface area contributed by atoms with E-state index in [9.17, 15) is 8.42 Å². The van der Waals surface area contributed by atoms with Gasteiger partial charge in [-0.2, -0.15) is 0 Å². The van der Waals surface area contributed by atoms with E-state index in [0.717, 1.165) is 28.8 Å². The third-order valence-electron chi connectivity index (χ3n) is 3.61. The predicted molar refractivity (Wildman–Crippen MR) is 88.1 cm³/mol. The minimum atomic E-state index is -3.71. The van der Waals surface area contributed by atoms with E-state index in [0.29, 0.717) is 5.76 Å². The van der Waals surface area contributed by atoms with E-state index in [1.54, 1.807) is 12.1 Å². The van der Waals surface area contributed by atoms with Crippen LogP contribution in [-0.2, 0) is 16.4 Å². The third-order valence-corrected chi connectivity index (χ3v) is 4.53. The summed E-state index contributed by atoms with van der Waals surface area (Å²) in [6.45, 7) is 2.01. The summed E-state index contributed by atoms with van der Waals surface area (Å²) in [6.07, 6.45) is 0.739. The minimum absolute atomic E-state index is 0.0674. The smallest absolute Gasteiger partial charge is 0.238 e. The van der Waals surface area contributed by atoms with E-state index in [2.05, 4.69) is 5.16 Å². The first-order chi connectivity index (χ1) is 11.0. The molecule has 0 aliphatic rings. The van der Waals surface area contributed by atoms with Crippen molar-refractivity contribution in [1.29, 1.82) is 0 Å². The fraction of sp³-hybridized carbons (Fsp3) is 0.118. The Morgan fingerprint density at radius 2 is 1.65 bits per heavy atom. The second-order valence-electron chi connectivity index (χ2n) is 5.12. The Balaban J connectivity index is 2.13. The number of benzene rings is 2. The van der Waals surface area contributed by atoms with Crippen LogP contribution in [0.2, 0.25) is 0 Å². The number of sulfonamides is 1. The molecule has 2 N–H and O–H groups in total. The zero-order chi connectivity index (χ0) is 16.4. The van der Waals surface area contributed by atoms with Crippen LogP contribution in [0.4, 0.5) is 0 Å². The average molecular weight is 328 g/mol. The Bertz CT molecular complexity index is 914. The first-order valence-electron chi connectivity index (χ1n) is 7.18. The van der Waals surface area contributed by atoms with Crippen LogP contribution in [0.3, 0.4) is 0 Å². The van der Waals surface area contributed by atoms with Crippen molar-refractivity contribution in [3.05, 3.63) is 60.3 Å².